The van der Waals surface area contributed by atoms with Crippen LogP contribution >= 0.6 is 0 Å². The van der Waals surface area contributed by atoms with E-state index in [0.717, 1.165) is 24.3 Å². The van der Waals surface area contributed by atoms with E-state index in [4.69, 9.17) is 0 Å². The highest BCUT2D eigenvalue weighted by atomic mass is 19.4. The third-order valence-electron chi connectivity index (χ3n) is 2.57. The fourth-order valence-electron chi connectivity index (χ4n) is 1.48. The molecule has 0 aromatic heterocycles. The molecular weight excluding hydrogens is 273 g/mol. The first-order valence-corrected chi connectivity index (χ1v) is 6.01. The van der Waals surface area contributed by atoms with Gasteiger partial charge in [-0.25, -0.2) is 0 Å². The maximum Gasteiger partial charge on any atom is 0.416 e. The van der Waals surface area contributed by atoms with Gasteiger partial charge in [-0.05, 0) is 38.1 Å². The zero-order valence-electron chi connectivity index (χ0n) is 11.0. The zero-order chi connectivity index (χ0) is 15.3. The molecule has 1 atom stereocenters. The van der Waals surface area contributed by atoms with Gasteiger partial charge in [0.25, 0.3) is 5.91 Å². The van der Waals surface area contributed by atoms with Gasteiger partial charge in [0.2, 0.25) is 5.91 Å². The molecule has 1 aromatic carbocycles. The third-order valence-corrected chi connectivity index (χ3v) is 2.57. The molecule has 2 N–H and O–H groups in total. The van der Waals surface area contributed by atoms with Crippen molar-refractivity contribution in [3.05, 3.63) is 35.4 Å². The number of halogens is 3. The first-order valence-electron chi connectivity index (χ1n) is 6.01. The van der Waals surface area contributed by atoms with Crippen LogP contribution in [-0.4, -0.2) is 24.4 Å². The lowest BCUT2D eigenvalue weighted by Crippen LogP contribution is -2.44. The minimum atomic E-state index is -4.44. The minimum absolute atomic E-state index is 0.0640. The standard InChI is InChI=1S/C13H15F3N2O2/c1-3-17-11(19)8(2)18-12(20)9-4-6-10(7-5-9)13(14,15)16/h4-8H,3H2,1-2H3,(H,17,19)(H,18,20)/t8-/m0/s1. The van der Waals surface area contributed by atoms with E-state index in [2.05, 4.69) is 10.6 Å². The summed E-state index contributed by atoms with van der Waals surface area (Å²) in [6.45, 7) is 3.66. The molecule has 0 aliphatic rings. The average Bonchev–Trinajstić information content (AvgIpc) is 2.38. The van der Waals surface area contributed by atoms with Gasteiger partial charge in [-0.1, -0.05) is 0 Å². The van der Waals surface area contributed by atoms with Crippen molar-refractivity contribution < 1.29 is 22.8 Å². The number of benzene rings is 1. The van der Waals surface area contributed by atoms with Crippen molar-refractivity contribution in [2.45, 2.75) is 26.1 Å². The molecule has 4 nitrogen and oxygen atoms in total. The summed E-state index contributed by atoms with van der Waals surface area (Å²) >= 11 is 0. The van der Waals surface area contributed by atoms with Gasteiger partial charge in [0.1, 0.15) is 6.04 Å². The number of amides is 2. The fraction of sp³-hybridized carbons (Fsp3) is 0.385. The Morgan fingerprint density at radius 1 is 1.20 bits per heavy atom. The summed E-state index contributed by atoms with van der Waals surface area (Å²) in [7, 11) is 0. The summed E-state index contributed by atoms with van der Waals surface area (Å²) < 4.78 is 37.1. The lowest BCUT2D eigenvalue weighted by molar-refractivity contribution is -0.137. The lowest BCUT2D eigenvalue weighted by Gasteiger charge is -2.13. The Hall–Kier alpha value is -2.05. The molecule has 0 bridgehead atoms. The second-order valence-corrected chi connectivity index (χ2v) is 4.16. The number of carbonyl (C=O) groups is 2. The highest BCUT2D eigenvalue weighted by molar-refractivity contribution is 5.97. The van der Waals surface area contributed by atoms with Crippen LogP contribution in [0.15, 0.2) is 24.3 Å². The van der Waals surface area contributed by atoms with Crippen LogP contribution in [0, 0.1) is 0 Å². The normalized spacial score (nSPS) is 12.7. The van der Waals surface area contributed by atoms with Gasteiger partial charge < -0.3 is 10.6 Å². The summed E-state index contributed by atoms with van der Waals surface area (Å²) in [6.07, 6.45) is -4.44. The Morgan fingerprint density at radius 2 is 1.75 bits per heavy atom. The van der Waals surface area contributed by atoms with E-state index in [1.807, 2.05) is 0 Å². The average molecular weight is 288 g/mol. The van der Waals surface area contributed by atoms with Crippen molar-refractivity contribution in [3.8, 4) is 0 Å². The summed E-state index contributed by atoms with van der Waals surface area (Å²) in [5.41, 5.74) is -0.764. The molecule has 20 heavy (non-hydrogen) atoms. The van der Waals surface area contributed by atoms with Crippen molar-refractivity contribution in [2.24, 2.45) is 0 Å². The van der Waals surface area contributed by atoms with Gasteiger partial charge >= 0.3 is 6.18 Å². The van der Waals surface area contributed by atoms with E-state index in [9.17, 15) is 22.8 Å². The quantitative estimate of drug-likeness (QED) is 0.890. The van der Waals surface area contributed by atoms with Crippen molar-refractivity contribution in [1.82, 2.24) is 10.6 Å². The van der Waals surface area contributed by atoms with Crippen LogP contribution in [0.3, 0.4) is 0 Å². The van der Waals surface area contributed by atoms with Crippen molar-refractivity contribution in [3.63, 3.8) is 0 Å². The number of hydrogen-bond donors (Lipinski definition) is 2. The van der Waals surface area contributed by atoms with Gasteiger partial charge in [-0.15, -0.1) is 0 Å². The SMILES string of the molecule is CCNC(=O)[C@H](C)NC(=O)c1ccc(C(F)(F)F)cc1. The number of carbonyl (C=O) groups excluding carboxylic acids is 2. The van der Waals surface area contributed by atoms with E-state index >= 15 is 0 Å². The van der Waals surface area contributed by atoms with Crippen LogP contribution in [0.25, 0.3) is 0 Å². The first kappa shape index (κ1) is 16.0. The molecule has 1 rings (SSSR count). The second kappa shape index (κ2) is 6.40. The van der Waals surface area contributed by atoms with Crippen molar-refractivity contribution in [1.29, 1.82) is 0 Å². The predicted octanol–water partition coefficient (Wildman–Crippen LogP) is 1.96. The number of hydrogen-bond acceptors (Lipinski definition) is 2. The molecule has 0 fully saturated rings. The highest BCUT2D eigenvalue weighted by Gasteiger charge is 2.30. The monoisotopic (exact) mass is 288 g/mol. The fourth-order valence-corrected chi connectivity index (χ4v) is 1.48. The lowest BCUT2D eigenvalue weighted by atomic mass is 10.1. The Kier molecular flexibility index (Phi) is 5.12. The highest BCUT2D eigenvalue weighted by Crippen LogP contribution is 2.29. The van der Waals surface area contributed by atoms with Crippen LogP contribution in [-0.2, 0) is 11.0 Å². The summed E-state index contributed by atoms with van der Waals surface area (Å²) in [4.78, 5) is 23.2. The minimum Gasteiger partial charge on any atom is -0.355 e. The third kappa shape index (κ3) is 4.25. The molecule has 0 unspecified atom stereocenters. The molecule has 0 aliphatic carbocycles. The largest absolute Gasteiger partial charge is 0.416 e. The van der Waals surface area contributed by atoms with Gasteiger partial charge in [-0.2, -0.15) is 13.2 Å². The topological polar surface area (TPSA) is 58.2 Å². The number of alkyl halides is 3. The van der Waals surface area contributed by atoms with Crippen LogP contribution < -0.4 is 10.6 Å². The smallest absolute Gasteiger partial charge is 0.355 e. The molecule has 110 valence electrons. The van der Waals surface area contributed by atoms with Crippen LogP contribution in [0.1, 0.15) is 29.8 Å². The van der Waals surface area contributed by atoms with Crippen LogP contribution in [0.2, 0.25) is 0 Å². The molecule has 0 spiro atoms. The molecular formula is C13H15F3N2O2. The molecule has 0 heterocycles. The summed E-state index contributed by atoms with van der Waals surface area (Å²) in [5.74, 6) is -0.953. The Morgan fingerprint density at radius 3 is 2.20 bits per heavy atom. The number of nitrogens with one attached hydrogen (secondary N) is 2. The second-order valence-electron chi connectivity index (χ2n) is 4.16. The Bertz CT molecular complexity index is 483. The predicted molar refractivity (Wildman–Crippen MR) is 67.1 cm³/mol. The Balaban J connectivity index is 2.71. The van der Waals surface area contributed by atoms with E-state index in [-0.39, 0.29) is 11.5 Å². The van der Waals surface area contributed by atoms with E-state index in [1.165, 1.54) is 6.92 Å². The van der Waals surface area contributed by atoms with Crippen molar-refractivity contribution >= 4 is 11.8 Å². The summed E-state index contributed by atoms with van der Waals surface area (Å²) in [5, 5.41) is 4.94. The van der Waals surface area contributed by atoms with Gasteiger partial charge in [-0.3, -0.25) is 9.59 Å². The Labute approximate surface area is 114 Å². The number of rotatable bonds is 4. The molecule has 1 aromatic rings. The summed E-state index contributed by atoms with van der Waals surface area (Å²) in [6, 6.07) is 3.03. The van der Waals surface area contributed by atoms with E-state index < -0.39 is 23.7 Å². The molecule has 0 saturated carbocycles. The van der Waals surface area contributed by atoms with Gasteiger partial charge in [0, 0.05) is 12.1 Å². The van der Waals surface area contributed by atoms with E-state index in [1.54, 1.807) is 6.92 Å². The molecule has 7 heteroatoms. The van der Waals surface area contributed by atoms with Gasteiger partial charge in [0.05, 0.1) is 5.56 Å². The molecule has 0 saturated heterocycles. The molecule has 0 radical (unpaired) electrons. The maximum atomic E-state index is 12.4. The van der Waals surface area contributed by atoms with E-state index in [0.29, 0.717) is 6.54 Å². The van der Waals surface area contributed by atoms with Gasteiger partial charge in [0.15, 0.2) is 0 Å². The first-order chi connectivity index (χ1) is 9.25. The zero-order valence-corrected chi connectivity index (χ0v) is 11.0. The number of likely N-dealkylation sites (N-methyl/N-ethyl adjacent to an activating group) is 1. The van der Waals surface area contributed by atoms with Crippen LogP contribution in [0.4, 0.5) is 13.2 Å². The van der Waals surface area contributed by atoms with Crippen LogP contribution in [0.5, 0.6) is 0 Å². The van der Waals surface area contributed by atoms with Crippen molar-refractivity contribution in [2.75, 3.05) is 6.54 Å². The maximum absolute atomic E-state index is 12.4. The molecule has 2 amide bonds. The molecule has 0 aliphatic heterocycles.